The molecule has 3 heteroatoms. The fraction of sp³-hybridized carbons (Fsp3) is 0.538. The van der Waals surface area contributed by atoms with E-state index in [-0.39, 0.29) is 11.9 Å². The van der Waals surface area contributed by atoms with E-state index in [0.717, 1.165) is 29.1 Å². The first kappa shape index (κ1) is 13.5. The molecule has 1 unspecified atom stereocenters. The third-order valence-corrected chi connectivity index (χ3v) is 3.74. The van der Waals surface area contributed by atoms with E-state index in [1.54, 1.807) is 17.8 Å². The van der Waals surface area contributed by atoms with Gasteiger partial charge in [0.2, 0.25) is 0 Å². The van der Waals surface area contributed by atoms with Crippen molar-refractivity contribution in [1.82, 2.24) is 0 Å². The lowest BCUT2D eigenvalue weighted by molar-refractivity contribution is 0.200. The Bertz CT molecular complexity index is 328. The van der Waals surface area contributed by atoms with Gasteiger partial charge >= 0.3 is 0 Å². The predicted octanol–water partition coefficient (Wildman–Crippen LogP) is 3.18. The molecule has 0 amide bonds. The molecule has 0 spiro atoms. The maximum atomic E-state index is 13.0. The van der Waals surface area contributed by atoms with Crippen LogP contribution in [0.4, 0.5) is 4.39 Å². The van der Waals surface area contributed by atoms with Crippen LogP contribution in [0.5, 0.6) is 0 Å². The van der Waals surface area contributed by atoms with E-state index >= 15 is 0 Å². The molecule has 1 aromatic carbocycles. The van der Waals surface area contributed by atoms with Crippen molar-refractivity contribution in [3.8, 4) is 0 Å². The molecule has 0 fully saturated rings. The van der Waals surface area contributed by atoms with E-state index in [4.69, 9.17) is 0 Å². The molecule has 0 radical (unpaired) electrons. The van der Waals surface area contributed by atoms with Crippen molar-refractivity contribution in [3.05, 3.63) is 35.1 Å². The SMILES string of the molecule is CCCSCC(O)Cc1cc(F)ccc1C. The smallest absolute Gasteiger partial charge is 0.123 e. The molecule has 0 aliphatic rings. The normalized spacial score (nSPS) is 12.8. The van der Waals surface area contributed by atoms with Crippen molar-refractivity contribution < 1.29 is 9.50 Å². The average Bonchev–Trinajstić information content (AvgIpc) is 2.24. The Hall–Kier alpha value is -0.540. The Kier molecular flexibility index (Phi) is 5.85. The van der Waals surface area contributed by atoms with Gasteiger partial charge in [-0.15, -0.1) is 0 Å². The quantitative estimate of drug-likeness (QED) is 0.773. The molecule has 0 aliphatic carbocycles. The Labute approximate surface area is 101 Å². The highest BCUT2D eigenvalue weighted by Crippen LogP contribution is 2.14. The second-order valence-electron chi connectivity index (χ2n) is 4.00. The molecular weight excluding hydrogens is 223 g/mol. The summed E-state index contributed by atoms with van der Waals surface area (Å²) in [5.74, 6) is 1.57. The number of aryl methyl sites for hydroxylation is 1. The first-order valence-electron chi connectivity index (χ1n) is 5.64. The minimum absolute atomic E-state index is 0.228. The van der Waals surface area contributed by atoms with Crippen LogP contribution in [0.2, 0.25) is 0 Å². The summed E-state index contributed by atoms with van der Waals surface area (Å²) < 4.78 is 13.0. The van der Waals surface area contributed by atoms with Crippen LogP contribution in [-0.2, 0) is 6.42 Å². The molecule has 90 valence electrons. The standard InChI is InChI=1S/C13H19FOS/c1-3-6-16-9-13(15)8-11-7-12(14)5-4-10(11)2/h4-5,7,13,15H,3,6,8-9H2,1-2H3. The number of rotatable bonds is 6. The first-order valence-corrected chi connectivity index (χ1v) is 6.79. The third kappa shape index (κ3) is 4.54. The summed E-state index contributed by atoms with van der Waals surface area (Å²) in [6.07, 6.45) is 1.29. The van der Waals surface area contributed by atoms with E-state index in [9.17, 15) is 9.50 Å². The lowest BCUT2D eigenvalue weighted by atomic mass is 10.0. The van der Waals surface area contributed by atoms with Gasteiger partial charge in [-0.2, -0.15) is 11.8 Å². The number of thioether (sulfide) groups is 1. The minimum Gasteiger partial charge on any atom is -0.392 e. The molecule has 0 bridgehead atoms. The molecule has 0 saturated heterocycles. The summed E-state index contributed by atoms with van der Waals surface area (Å²) >= 11 is 1.75. The summed E-state index contributed by atoms with van der Waals surface area (Å²) in [5, 5.41) is 9.80. The lowest BCUT2D eigenvalue weighted by Crippen LogP contribution is -2.14. The van der Waals surface area contributed by atoms with Crippen molar-refractivity contribution in [2.45, 2.75) is 32.8 Å². The molecule has 1 N–H and O–H groups in total. The van der Waals surface area contributed by atoms with Crippen LogP contribution < -0.4 is 0 Å². The number of aliphatic hydroxyl groups excluding tert-OH is 1. The molecule has 16 heavy (non-hydrogen) atoms. The summed E-state index contributed by atoms with van der Waals surface area (Å²) in [4.78, 5) is 0. The van der Waals surface area contributed by atoms with Gasteiger partial charge in [0, 0.05) is 5.75 Å². The Morgan fingerprint density at radius 3 is 2.88 bits per heavy atom. The van der Waals surface area contributed by atoms with Crippen LogP contribution in [0.25, 0.3) is 0 Å². The number of aliphatic hydroxyl groups is 1. The monoisotopic (exact) mass is 242 g/mol. The molecule has 0 aromatic heterocycles. The van der Waals surface area contributed by atoms with Crippen LogP contribution in [0.15, 0.2) is 18.2 Å². The average molecular weight is 242 g/mol. The third-order valence-electron chi connectivity index (χ3n) is 2.43. The fourth-order valence-corrected chi connectivity index (χ4v) is 2.38. The maximum Gasteiger partial charge on any atom is 0.123 e. The minimum atomic E-state index is -0.378. The zero-order chi connectivity index (χ0) is 12.0. The van der Waals surface area contributed by atoms with Gasteiger partial charge in [-0.1, -0.05) is 13.0 Å². The Balaban J connectivity index is 2.48. The van der Waals surface area contributed by atoms with Crippen LogP contribution in [-0.4, -0.2) is 22.7 Å². The highest BCUT2D eigenvalue weighted by atomic mass is 32.2. The van der Waals surface area contributed by atoms with E-state index in [2.05, 4.69) is 6.92 Å². The van der Waals surface area contributed by atoms with Crippen molar-refractivity contribution in [2.24, 2.45) is 0 Å². The zero-order valence-corrected chi connectivity index (χ0v) is 10.7. The van der Waals surface area contributed by atoms with Gasteiger partial charge in [0.15, 0.2) is 0 Å². The van der Waals surface area contributed by atoms with Gasteiger partial charge in [0.05, 0.1) is 6.10 Å². The summed E-state index contributed by atoms with van der Waals surface area (Å²) in [6, 6.07) is 4.73. The molecular formula is C13H19FOS. The molecule has 1 aromatic rings. The molecule has 0 saturated carbocycles. The Morgan fingerprint density at radius 1 is 1.44 bits per heavy atom. The molecule has 1 rings (SSSR count). The second kappa shape index (κ2) is 6.92. The predicted molar refractivity (Wildman–Crippen MR) is 68.5 cm³/mol. The first-order chi connectivity index (χ1) is 7.63. The largest absolute Gasteiger partial charge is 0.392 e. The van der Waals surface area contributed by atoms with Gasteiger partial charge in [0.25, 0.3) is 0 Å². The summed E-state index contributed by atoms with van der Waals surface area (Å²) in [7, 11) is 0. The molecule has 0 heterocycles. The van der Waals surface area contributed by atoms with E-state index in [1.807, 2.05) is 6.92 Å². The fourth-order valence-electron chi connectivity index (χ4n) is 1.54. The van der Waals surface area contributed by atoms with Gasteiger partial charge < -0.3 is 5.11 Å². The highest BCUT2D eigenvalue weighted by Gasteiger charge is 2.08. The van der Waals surface area contributed by atoms with Gasteiger partial charge in [-0.05, 0) is 48.8 Å². The number of halogens is 1. The van der Waals surface area contributed by atoms with E-state index in [0.29, 0.717) is 6.42 Å². The molecule has 1 nitrogen and oxygen atoms in total. The van der Waals surface area contributed by atoms with Crippen molar-refractivity contribution in [1.29, 1.82) is 0 Å². The van der Waals surface area contributed by atoms with Crippen molar-refractivity contribution in [2.75, 3.05) is 11.5 Å². The topological polar surface area (TPSA) is 20.2 Å². The van der Waals surface area contributed by atoms with Crippen LogP contribution in [0.1, 0.15) is 24.5 Å². The number of hydrogen-bond acceptors (Lipinski definition) is 2. The maximum absolute atomic E-state index is 13.0. The van der Waals surface area contributed by atoms with Crippen molar-refractivity contribution in [3.63, 3.8) is 0 Å². The Morgan fingerprint density at radius 2 is 2.19 bits per heavy atom. The highest BCUT2D eigenvalue weighted by molar-refractivity contribution is 7.99. The van der Waals surface area contributed by atoms with E-state index < -0.39 is 0 Å². The molecule has 0 aliphatic heterocycles. The second-order valence-corrected chi connectivity index (χ2v) is 5.15. The van der Waals surface area contributed by atoms with Crippen molar-refractivity contribution >= 4 is 11.8 Å². The zero-order valence-electron chi connectivity index (χ0n) is 9.87. The van der Waals surface area contributed by atoms with Gasteiger partial charge in [0.1, 0.15) is 5.82 Å². The molecule has 1 atom stereocenters. The van der Waals surface area contributed by atoms with Gasteiger partial charge in [-0.3, -0.25) is 0 Å². The van der Waals surface area contributed by atoms with Crippen LogP contribution in [0, 0.1) is 12.7 Å². The number of benzene rings is 1. The lowest BCUT2D eigenvalue weighted by Gasteiger charge is -2.12. The van der Waals surface area contributed by atoms with E-state index in [1.165, 1.54) is 12.1 Å². The van der Waals surface area contributed by atoms with Gasteiger partial charge in [-0.25, -0.2) is 4.39 Å². The summed E-state index contributed by atoms with van der Waals surface area (Å²) in [5.41, 5.74) is 1.95. The van der Waals surface area contributed by atoms with Crippen LogP contribution >= 0.6 is 11.8 Å². The number of hydrogen-bond donors (Lipinski definition) is 1. The van der Waals surface area contributed by atoms with Crippen LogP contribution in [0.3, 0.4) is 0 Å². The summed E-state index contributed by atoms with van der Waals surface area (Å²) in [6.45, 7) is 4.07.